The summed E-state index contributed by atoms with van der Waals surface area (Å²) in [6.07, 6.45) is -4.09. The van der Waals surface area contributed by atoms with E-state index in [1.165, 1.54) is 0 Å². The number of hydrogen-bond donors (Lipinski definition) is 0. The Morgan fingerprint density at radius 2 is 1.88 bits per heavy atom. The lowest BCUT2D eigenvalue weighted by atomic mass is 10.5. The standard InChI is InChI=1S/C6HBr2ClF3NO3S/c7-2-1-13-5(17(9,14)15)4(3(2)8)16-6(10,11)12/h1H. The number of rotatable bonds is 2. The fourth-order valence-corrected chi connectivity index (χ4v) is 2.47. The van der Waals surface area contributed by atoms with Crippen LogP contribution in [0.25, 0.3) is 0 Å². The van der Waals surface area contributed by atoms with E-state index < -0.39 is 26.2 Å². The lowest BCUT2D eigenvalue weighted by Gasteiger charge is -2.13. The SMILES string of the molecule is O=S(=O)(Cl)c1ncc(Br)c(Br)c1OC(F)(F)F. The van der Waals surface area contributed by atoms with Gasteiger partial charge in [0, 0.05) is 16.9 Å². The molecule has 1 aromatic rings. The molecule has 0 saturated carbocycles. The molecule has 0 unspecified atom stereocenters. The van der Waals surface area contributed by atoms with Gasteiger partial charge in [0.1, 0.15) is 0 Å². The second kappa shape index (κ2) is 4.90. The zero-order valence-electron chi connectivity index (χ0n) is 7.43. The Hall–Kier alpha value is -0.0600. The summed E-state index contributed by atoms with van der Waals surface area (Å²) in [5, 5.41) is -1.02. The van der Waals surface area contributed by atoms with Crippen LogP contribution in [0.2, 0.25) is 0 Å². The van der Waals surface area contributed by atoms with E-state index in [4.69, 9.17) is 10.7 Å². The molecule has 0 aliphatic rings. The molecule has 0 radical (unpaired) electrons. The van der Waals surface area contributed by atoms with Crippen molar-refractivity contribution >= 4 is 51.6 Å². The summed E-state index contributed by atoms with van der Waals surface area (Å²) in [5.41, 5.74) is 0. The van der Waals surface area contributed by atoms with Crippen molar-refractivity contribution in [3.05, 3.63) is 15.1 Å². The van der Waals surface area contributed by atoms with E-state index in [1.807, 2.05) is 0 Å². The highest BCUT2D eigenvalue weighted by Crippen LogP contribution is 2.40. The number of pyridine rings is 1. The van der Waals surface area contributed by atoms with Crippen molar-refractivity contribution in [1.82, 2.24) is 4.98 Å². The van der Waals surface area contributed by atoms with E-state index in [9.17, 15) is 21.6 Å². The molecule has 0 fully saturated rings. The first-order valence-corrected chi connectivity index (χ1v) is 7.46. The van der Waals surface area contributed by atoms with Crippen LogP contribution >= 0.6 is 42.5 Å². The lowest BCUT2D eigenvalue weighted by molar-refractivity contribution is -0.276. The van der Waals surface area contributed by atoms with Crippen LogP contribution in [0.3, 0.4) is 0 Å². The topological polar surface area (TPSA) is 56.3 Å². The van der Waals surface area contributed by atoms with Gasteiger partial charge in [-0.3, -0.25) is 0 Å². The summed E-state index contributed by atoms with van der Waals surface area (Å²) in [6.45, 7) is 0. The average molecular weight is 419 g/mol. The highest BCUT2D eigenvalue weighted by atomic mass is 79.9. The van der Waals surface area contributed by atoms with Crippen LogP contribution in [0.1, 0.15) is 0 Å². The maximum Gasteiger partial charge on any atom is 0.573 e. The largest absolute Gasteiger partial charge is 0.573 e. The fourth-order valence-electron chi connectivity index (χ4n) is 0.811. The molecule has 17 heavy (non-hydrogen) atoms. The molecular weight excluding hydrogens is 418 g/mol. The zero-order valence-corrected chi connectivity index (χ0v) is 12.2. The van der Waals surface area contributed by atoms with Crippen LogP contribution in [0.4, 0.5) is 13.2 Å². The molecule has 0 N–H and O–H groups in total. The summed E-state index contributed by atoms with van der Waals surface area (Å²) in [7, 11) is 0.483. The van der Waals surface area contributed by atoms with E-state index in [0.717, 1.165) is 6.20 Å². The average Bonchev–Trinajstić information content (AvgIpc) is 2.08. The van der Waals surface area contributed by atoms with Crippen molar-refractivity contribution in [1.29, 1.82) is 0 Å². The van der Waals surface area contributed by atoms with Gasteiger partial charge in [0.25, 0.3) is 9.05 Å². The predicted molar refractivity (Wildman–Crippen MR) is 59.4 cm³/mol. The fraction of sp³-hybridized carbons (Fsp3) is 0.167. The monoisotopic (exact) mass is 417 g/mol. The van der Waals surface area contributed by atoms with Crippen LogP contribution in [-0.4, -0.2) is 19.8 Å². The van der Waals surface area contributed by atoms with Gasteiger partial charge in [0.2, 0.25) is 5.03 Å². The van der Waals surface area contributed by atoms with Gasteiger partial charge in [-0.25, -0.2) is 13.4 Å². The number of ether oxygens (including phenoxy) is 1. The molecule has 0 aliphatic heterocycles. The number of hydrogen-bond acceptors (Lipinski definition) is 4. The predicted octanol–water partition coefficient (Wildman–Crippen LogP) is 3.43. The van der Waals surface area contributed by atoms with Crippen molar-refractivity contribution < 1.29 is 26.3 Å². The first kappa shape index (κ1) is 15.0. The molecule has 0 spiro atoms. The van der Waals surface area contributed by atoms with Crippen LogP contribution in [0.15, 0.2) is 20.2 Å². The van der Waals surface area contributed by atoms with Crippen LogP contribution in [-0.2, 0) is 9.05 Å². The maximum atomic E-state index is 12.1. The van der Waals surface area contributed by atoms with E-state index in [-0.39, 0.29) is 8.95 Å². The minimum Gasteiger partial charge on any atom is -0.401 e. The molecule has 1 heterocycles. The van der Waals surface area contributed by atoms with Crippen molar-refractivity contribution in [2.75, 3.05) is 0 Å². The molecule has 1 aromatic heterocycles. The van der Waals surface area contributed by atoms with E-state index in [2.05, 4.69) is 41.6 Å². The molecule has 1 rings (SSSR count). The number of aromatic nitrogens is 1. The molecule has 0 aliphatic carbocycles. The summed E-state index contributed by atoms with van der Waals surface area (Å²) in [6, 6.07) is 0. The third-order valence-electron chi connectivity index (χ3n) is 1.35. The Morgan fingerprint density at radius 3 is 2.29 bits per heavy atom. The quantitative estimate of drug-likeness (QED) is 0.690. The van der Waals surface area contributed by atoms with Crippen molar-refractivity contribution in [2.45, 2.75) is 11.4 Å². The van der Waals surface area contributed by atoms with Crippen LogP contribution in [0, 0.1) is 0 Å². The first-order valence-electron chi connectivity index (χ1n) is 3.57. The zero-order chi connectivity index (χ0) is 13.4. The Labute approximate surface area is 115 Å². The molecule has 0 amide bonds. The van der Waals surface area contributed by atoms with Gasteiger partial charge in [-0.2, -0.15) is 0 Å². The van der Waals surface area contributed by atoms with Gasteiger partial charge in [0.15, 0.2) is 5.75 Å². The first-order chi connectivity index (χ1) is 7.52. The van der Waals surface area contributed by atoms with Gasteiger partial charge in [-0.1, -0.05) is 0 Å². The van der Waals surface area contributed by atoms with Gasteiger partial charge >= 0.3 is 6.36 Å². The second-order valence-electron chi connectivity index (χ2n) is 2.54. The third kappa shape index (κ3) is 3.97. The Bertz CT molecular complexity index is 548. The summed E-state index contributed by atoms with van der Waals surface area (Å²) in [4.78, 5) is 3.27. The normalized spacial score (nSPS) is 12.6. The number of nitrogens with zero attached hydrogens (tertiary/aromatic N) is 1. The van der Waals surface area contributed by atoms with Gasteiger partial charge in [0.05, 0.1) is 8.95 Å². The number of halogens is 6. The maximum absolute atomic E-state index is 12.1. The smallest absolute Gasteiger partial charge is 0.401 e. The molecule has 0 saturated heterocycles. The molecular formula is C6HBr2ClF3NO3S. The summed E-state index contributed by atoms with van der Waals surface area (Å²) in [5.74, 6) is -1.03. The van der Waals surface area contributed by atoms with E-state index in [1.54, 1.807) is 0 Å². The Morgan fingerprint density at radius 1 is 1.35 bits per heavy atom. The molecule has 0 bridgehead atoms. The minimum atomic E-state index is -5.07. The number of alkyl halides is 3. The second-order valence-corrected chi connectivity index (χ2v) is 6.67. The Kier molecular flexibility index (Phi) is 4.33. The molecule has 0 atom stereocenters. The van der Waals surface area contributed by atoms with E-state index >= 15 is 0 Å². The lowest BCUT2D eigenvalue weighted by Crippen LogP contribution is -2.19. The van der Waals surface area contributed by atoms with Gasteiger partial charge in [-0.05, 0) is 31.9 Å². The van der Waals surface area contributed by atoms with Crippen LogP contribution < -0.4 is 4.74 Å². The molecule has 96 valence electrons. The highest BCUT2D eigenvalue weighted by molar-refractivity contribution is 9.13. The summed E-state index contributed by atoms with van der Waals surface area (Å²) >= 11 is 5.60. The van der Waals surface area contributed by atoms with Crippen molar-refractivity contribution in [2.24, 2.45) is 0 Å². The van der Waals surface area contributed by atoms with Crippen molar-refractivity contribution in [3.8, 4) is 5.75 Å². The summed E-state index contributed by atoms with van der Waals surface area (Å²) < 4.78 is 61.7. The van der Waals surface area contributed by atoms with Gasteiger partial charge < -0.3 is 4.74 Å². The minimum absolute atomic E-state index is 0.0841. The third-order valence-corrected chi connectivity index (χ3v) is 4.46. The highest BCUT2D eigenvalue weighted by Gasteiger charge is 2.36. The van der Waals surface area contributed by atoms with E-state index in [0.29, 0.717) is 0 Å². The molecule has 4 nitrogen and oxygen atoms in total. The van der Waals surface area contributed by atoms with Crippen molar-refractivity contribution in [3.63, 3.8) is 0 Å². The van der Waals surface area contributed by atoms with Gasteiger partial charge in [-0.15, -0.1) is 13.2 Å². The van der Waals surface area contributed by atoms with Crippen LogP contribution in [0.5, 0.6) is 5.75 Å². The Balaban J connectivity index is 3.48. The molecule has 11 heteroatoms. The molecule has 0 aromatic carbocycles.